The van der Waals surface area contributed by atoms with Crippen molar-refractivity contribution in [2.75, 3.05) is 38.2 Å². The number of methoxy groups -OCH3 is 1. The van der Waals surface area contributed by atoms with Gasteiger partial charge in [0.2, 0.25) is 0 Å². The van der Waals surface area contributed by atoms with E-state index >= 15 is 0 Å². The van der Waals surface area contributed by atoms with E-state index in [1.165, 1.54) is 0 Å². The summed E-state index contributed by atoms with van der Waals surface area (Å²) in [4.78, 5) is 17.5. The van der Waals surface area contributed by atoms with Crippen molar-refractivity contribution in [3.8, 4) is 22.9 Å². The summed E-state index contributed by atoms with van der Waals surface area (Å²) in [6.45, 7) is 2.74. The number of anilines is 1. The number of nitrogens with zero attached hydrogens (tertiary/aromatic N) is 3. The molecule has 1 saturated heterocycles. The number of carbonyl (C=O) groups excluding carboxylic acids is 1. The second-order valence-electron chi connectivity index (χ2n) is 7.15. The topological polar surface area (TPSA) is 56.6 Å². The molecule has 1 amide bonds. The van der Waals surface area contributed by atoms with E-state index in [-0.39, 0.29) is 5.91 Å². The van der Waals surface area contributed by atoms with E-state index in [2.05, 4.69) is 11.0 Å². The molecule has 1 fully saturated rings. The van der Waals surface area contributed by atoms with Crippen molar-refractivity contribution in [2.24, 2.45) is 0 Å². The highest BCUT2D eigenvalue weighted by Gasteiger charge is 2.25. The van der Waals surface area contributed by atoms with Gasteiger partial charge < -0.3 is 14.5 Å². The lowest BCUT2D eigenvalue weighted by atomic mass is 9.95. The Kier molecular flexibility index (Phi) is 5.67. The predicted molar refractivity (Wildman–Crippen MR) is 118 cm³/mol. The first kappa shape index (κ1) is 19.5. The summed E-state index contributed by atoms with van der Waals surface area (Å²) in [6.07, 6.45) is 0. The molecule has 0 unspecified atom stereocenters. The Bertz CT molecular complexity index is 1100. The van der Waals surface area contributed by atoms with Gasteiger partial charge in [-0.05, 0) is 29.8 Å². The molecule has 0 atom stereocenters. The Balaban J connectivity index is 1.55. The predicted octanol–water partition coefficient (Wildman–Crippen LogP) is 4.20. The highest BCUT2D eigenvalue weighted by Crippen LogP contribution is 2.30. The van der Waals surface area contributed by atoms with Gasteiger partial charge in [-0.2, -0.15) is 5.26 Å². The third kappa shape index (κ3) is 3.72. The van der Waals surface area contributed by atoms with E-state index in [0.29, 0.717) is 24.2 Å². The summed E-state index contributed by atoms with van der Waals surface area (Å²) >= 11 is 0. The van der Waals surface area contributed by atoms with E-state index < -0.39 is 0 Å². The highest BCUT2D eigenvalue weighted by molar-refractivity contribution is 6.01. The van der Waals surface area contributed by atoms with Gasteiger partial charge in [-0.1, -0.05) is 48.5 Å². The Morgan fingerprint density at radius 2 is 1.50 bits per heavy atom. The molecule has 0 bridgehead atoms. The lowest BCUT2D eigenvalue weighted by Gasteiger charge is -2.37. The molecule has 0 saturated carbocycles. The van der Waals surface area contributed by atoms with Crippen LogP contribution < -0.4 is 9.64 Å². The Labute approximate surface area is 176 Å². The number of hydrogen-bond donors (Lipinski definition) is 0. The van der Waals surface area contributed by atoms with Crippen LogP contribution in [0.15, 0.2) is 72.8 Å². The van der Waals surface area contributed by atoms with Crippen LogP contribution in [-0.2, 0) is 0 Å². The minimum absolute atomic E-state index is 0.00183. The average Bonchev–Trinajstić information content (AvgIpc) is 2.83. The summed E-state index contributed by atoms with van der Waals surface area (Å²) in [7, 11) is 1.68. The summed E-state index contributed by atoms with van der Waals surface area (Å²) in [5.74, 6) is 0.841. The Morgan fingerprint density at radius 3 is 2.23 bits per heavy atom. The van der Waals surface area contributed by atoms with Crippen molar-refractivity contribution in [2.45, 2.75) is 0 Å². The minimum atomic E-state index is -0.00183. The third-order valence-electron chi connectivity index (χ3n) is 5.49. The first-order valence-electron chi connectivity index (χ1n) is 9.98. The molecule has 5 nitrogen and oxygen atoms in total. The number of carbonyl (C=O) groups is 1. The van der Waals surface area contributed by atoms with Gasteiger partial charge in [0.25, 0.3) is 5.91 Å². The van der Waals surface area contributed by atoms with Crippen molar-refractivity contribution in [3.63, 3.8) is 0 Å². The van der Waals surface area contributed by atoms with Crippen molar-refractivity contribution >= 4 is 11.6 Å². The molecular formula is C25H23N3O2. The summed E-state index contributed by atoms with van der Waals surface area (Å²) in [6, 6.07) is 25.1. The van der Waals surface area contributed by atoms with Crippen LogP contribution in [0, 0.1) is 11.3 Å². The fourth-order valence-electron chi connectivity index (χ4n) is 3.93. The summed E-state index contributed by atoms with van der Waals surface area (Å²) < 4.78 is 5.48. The van der Waals surface area contributed by atoms with Crippen LogP contribution in [0.1, 0.15) is 15.9 Å². The van der Waals surface area contributed by atoms with Gasteiger partial charge >= 0.3 is 0 Å². The molecule has 1 aliphatic heterocycles. The normalized spacial score (nSPS) is 13.6. The molecule has 0 N–H and O–H groups in total. The van der Waals surface area contributed by atoms with Crippen LogP contribution in [0.5, 0.6) is 5.75 Å². The second-order valence-corrected chi connectivity index (χ2v) is 7.15. The molecule has 0 spiro atoms. The molecule has 3 aromatic rings. The van der Waals surface area contributed by atoms with Crippen molar-refractivity contribution in [3.05, 3.63) is 83.9 Å². The van der Waals surface area contributed by atoms with Crippen LogP contribution >= 0.6 is 0 Å². The molecule has 150 valence electrons. The zero-order valence-corrected chi connectivity index (χ0v) is 16.9. The van der Waals surface area contributed by atoms with Crippen LogP contribution in [0.4, 0.5) is 5.69 Å². The standard InChI is InChI=1S/C25H23N3O2/c1-30-24-13-7-6-12-23(24)27-14-16-28(17-15-27)25(29)22-11-5-4-10-21(22)20-9-3-2-8-19(20)18-26/h2-13H,14-17H2,1H3. The second kappa shape index (κ2) is 8.71. The maximum Gasteiger partial charge on any atom is 0.254 e. The molecule has 4 rings (SSSR count). The zero-order chi connectivity index (χ0) is 20.9. The monoisotopic (exact) mass is 397 g/mol. The lowest BCUT2D eigenvalue weighted by Crippen LogP contribution is -2.49. The number of piperazine rings is 1. The smallest absolute Gasteiger partial charge is 0.254 e. The minimum Gasteiger partial charge on any atom is -0.495 e. The number of para-hydroxylation sites is 2. The van der Waals surface area contributed by atoms with Gasteiger partial charge in [-0.15, -0.1) is 0 Å². The quantitative estimate of drug-likeness (QED) is 0.662. The molecule has 1 heterocycles. The van der Waals surface area contributed by atoms with Crippen molar-refractivity contribution < 1.29 is 9.53 Å². The largest absolute Gasteiger partial charge is 0.495 e. The van der Waals surface area contributed by atoms with Crippen LogP contribution in [0.25, 0.3) is 11.1 Å². The molecule has 3 aromatic carbocycles. The number of rotatable bonds is 4. The number of nitriles is 1. The van der Waals surface area contributed by atoms with Gasteiger partial charge in [0.05, 0.1) is 24.4 Å². The van der Waals surface area contributed by atoms with E-state index in [4.69, 9.17) is 4.74 Å². The summed E-state index contributed by atoms with van der Waals surface area (Å²) in [5.41, 5.74) is 3.84. The zero-order valence-electron chi connectivity index (χ0n) is 16.9. The van der Waals surface area contributed by atoms with Crippen LogP contribution in [0.3, 0.4) is 0 Å². The first-order chi connectivity index (χ1) is 14.7. The molecule has 30 heavy (non-hydrogen) atoms. The first-order valence-corrected chi connectivity index (χ1v) is 9.98. The molecule has 0 aromatic heterocycles. The molecule has 0 aliphatic carbocycles. The van der Waals surface area contributed by atoms with Gasteiger partial charge in [-0.3, -0.25) is 4.79 Å². The maximum atomic E-state index is 13.4. The number of amides is 1. The molecule has 5 heteroatoms. The Hall–Kier alpha value is -3.78. The molecule has 1 aliphatic rings. The van der Waals surface area contributed by atoms with Crippen molar-refractivity contribution in [1.29, 1.82) is 5.26 Å². The molecule has 0 radical (unpaired) electrons. The summed E-state index contributed by atoms with van der Waals surface area (Å²) in [5, 5.41) is 9.48. The number of benzene rings is 3. The maximum absolute atomic E-state index is 13.4. The van der Waals surface area contributed by atoms with Gasteiger partial charge in [0.1, 0.15) is 5.75 Å². The van der Waals surface area contributed by atoms with Gasteiger partial charge in [-0.25, -0.2) is 0 Å². The average molecular weight is 397 g/mol. The van der Waals surface area contributed by atoms with Crippen LogP contribution in [-0.4, -0.2) is 44.1 Å². The van der Waals surface area contributed by atoms with E-state index in [9.17, 15) is 10.1 Å². The van der Waals surface area contributed by atoms with E-state index in [0.717, 1.165) is 35.7 Å². The van der Waals surface area contributed by atoms with Gasteiger partial charge in [0, 0.05) is 37.3 Å². The number of hydrogen-bond acceptors (Lipinski definition) is 4. The fourth-order valence-corrected chi connectivity index (χ4v) is 3.93. The number of ether oxygens (including phenoxy) is 1. The third-order valence-corrected chi connectivity index (χ3v) is 5.49. The van der Waals surface area contributed by atoms with E-state index in [1.54, 1.807) is 13.2 Å². The lowest BCUT2D eigenvalue weighted by molar-refractivity contribution is 0.0747. The highest BCUT2D eigenvalue weighted by atomic mass is 16.5. The van der Waals surface area contributed by atoms with Gasteiger partial charge in [0.15, 0.2) is 0 Å². The van der Waals surface area contributed by atoms with Crippen LogP contribution in [0.2, 0.25) is 0 Å². The SMILES string of the molecule is COc1ccccc1N1CCN(C(=O)c2ccccc2-c2ccccc2C#N)CC1. The molecular weight excluding hydrogens is 374 g/mol. The van der Waals surface area contributed by atoms with E-state index in [1.807, 2.05) is 71.6 Å². The van der Waals surface area contributed by atoms with Crippen molar-refractivity contribution in [1.82, 2.24) is 4.90 Å². The fraction of sp³-hybridized carbons (Fsp3) is 0.200. The Morgan fingerprint density at radius 1 is 0.867 bits per heavy atom.